The molecule has 0 saturated carbocycles. The van der Waals surface area contributed by atoms with Gasteiger partial charge in [0, 0.05) is 12.6 Å². The van der Waals surface area contributed by atoms with Crippen molar-refractivity contribution >= 4 is 34.8 Å². The highest BCUT2D eigenvalue weighted by atomic mass is 35.5. The topological polar surface area (TPSA) is 50.8 Å². The van der Waals surface area contributed by atoms with E-state index in [1.165, 1.54) is 0 Å². The molecule has 0 heterocycles. The lowest BCUT2D eigenvalue weighted by atomic mass is 10.2. The van der Waals surface area contributed by atoms with Crippen molar-refractivity contribution in [3.05, 3.63) is 52.0 Å². The number of nitrogens with one attached hydrogen (secondary N) is 1. The molecule has 146 valence electrons. The van der Waals surface area contributed by atoms with Gasteiger partial charge >= 0.3 is 0 Å². The number of amides is 1. The van der Waals surface area contributed by atoms with Gasteiger partial charge in [-0.1, -0.05) is 35.3 Å². The smallest absolute Gasteiger partial charge is 0.238 e. The normalized spacial score (nSPS) is 10.7. The Kier molecular flexibility index (Phi) is 8.23. The fourth-order valence-corrected chi connectivity index (χ4v) is 2.98. The van der Waals surface area contributed by atoms with Crippen molar-refractivity contribution in [3.8, 4) is 11.5 Å². The summed E-state index contributed by atoms with van der Waals surface area (Å²) in [6.45, 7) is 5.54. The van der Waals surface area contributed by atoms with E-state index in [0.29, 0.717) is 47.0 Å². The Hall–Kier alpha value is -1.95. The summed E-state index contributed by atoms with van der Waals surface area (Å²) >= 11 is 12.3. The van der Waals surface area contributed by atoms with Crippen LogP contribution in [0, 0.1) is 0 Å². The Morgan fingerprint density at radius 2 is 1.85 bits per heavy atom. The average molecular weight is 411 g/mol. The average Bonchev–Trinajstić information content (AvgIpc) is 2.61. The lowest BCUT2D eigenvalue weighted by Crippen LogP contribution is -2.30. The second-order valence-corrected chi connectivity index (χ2v) is 6.74. The molecule has 0 radical (unpaired) electrons. The minimum absolute atomic E-state index is 0.162. The van der Waals surface area contributed by atoms with E-state index in [0.717, 1.165) is 5.56 Å². The minimum atomic E-state index is -0.162. The first-order valence-electron chi connectivity index (χ1n) is 8.75. The van der Waals surface area contributed by atoms with Crippen LogP contribution in [0.25, 0.3) is 0 Å². The van der Waals surface area contributed by atoms with E-state index in [1.807, 2.05) is 44.0 Å². The third-order valence-corrected chi connectivity index (χ3v) is 4.58. The van der Waals surface area contributed by atoms with Gasteiger partial charge in [-0.05, 0) is 44.7 Å². The molecule has 0 saturated heterocycles. The summed E-state index contributed by atoms with van der Waals surface area (Å²) in [5.74, 6) is 1.12. The summed E-state index contributed by atoms with van der Waals surface area (Å²) in [6, 6.07) is 10.8. The van der Waals surface area contributed by atoms with Gasteiger partial charge in [0.25, 0.3) is 0 Å². The highest BCUT2D eigenvalue weighted by Crippen LogP contribution is 2.30. The molecule has 5 nitrogen and oxygen atoms in total. The van der Waals surface area contributed by atoms with Gasteiger partial charge in [0.2, 0.25) is 5.91 Å². The molecule has 1 N–H and O–H groups in total. The van der Waals surface area contributed by atoms with Crippen molar-refractivity contribution in [2.45, 2.75) is 20.4 Å². The standard InChI is InChI=1S/C20H24Cl2N2O3/c1-4-26-15-9-10-18(27-5-2)17(11-15)23-19(25)13-24(3)12-14-7-6-8-16(21)20(14)22/h6-11H,4-5,12-13H2,1-3H3,(H,23,25). The maximum Gasteiger partial charge on any atom is 0.238 e. The zero-order valence-electron chi connectivity index (χ0n) is 15.7. The van der Waals surface area contributed by atoms with Crippen LogP contribution in [0.1, 0.15) is 19.4 Å². The summed E-state index contributed by atoms with van der Waals surface area (Å²) < 4.78 is 11.1. The van der Waals surface area contributed by atoms with Crippen LogP contribution in [0.15, 0.2) is 36.4 Å². The molecule has 0 bridgehead atoms. The molecule has 0 spiro atoms. The largest absolute Gasteiger partial charge is 0.494 e. The van der Waals surface area contributed by atoms with Crippen LogP contribution in [-0.2, 0) is 11.3 Å². The number of hydrogen-bond acceptors (Lipinski definition) is 4. The van der Waals surface area contributed by atoms with Crippen LogP contribution in [0.5, 0.6) is 11.5 Å². The number of hydrogen-bond donors (Lipinski definition) is 1. The number of carbonyl (C=O) groups is 1. The molecule has 0 unspecified atom stereocenters. The molecule has 0 aromatic heterocycles. The van der Waals surface area contributed by atoms with Gasteiger partial charge in [-0.15, -0.1) is 0 Å². The van der Waals surface area contributed by atoms with Crippen molar-refractivity contribution < 1.29 is 14.3 Å². The Morgan fingerprint density at radius 3 is 2.56 bits per heavy atom. The molecule has 0 atom stereocenters. The molecular formula is C20H24Cl2N2O3. The molecule has 2 rings (SSSR count). The monoisotopic (exact) mass is 410 g/mol. The quantitative estimate of drug-likeness (QED) is 0.640. The number of carbonyl (C=O) groups excluding carboxylic acids is 1. The summed E-state index contributed by atoms with van der Waals surface area (Å²) in [5.41, 5.74) is 1.45. The van der Waals surface area contributed by atoms with Crippen molar-refractivity contribution in [2.24, 2.45) is 0 Å². The van der Waals surface area contributed by atoms with Gasteiger partial charge in [-0.2, -0.15) is 0 Å². The Morgan fingerprint density at radius 1 is 1.11 bits per heavy atom. The molecule has 2 aromatic carbocycles. The molecule has 0 aliphatic carbocycles. The van der Waals surface area contributed by atoms with E-state index < -0.39 is 0 Å². The zero-order valence-corrected chi connectivity index (χ0v) is 17.2. The predicted octanol–water partition coefficient (Wildman–Crippen LogP) is 4.86. The predicted molar refractivity (Wildman–Crippen MR) is 110 cm³/mol. The van der Waals surface area contributed by atoms with E-state index in [-0.39, 0.29) is 12.5 Å². The molecule has 2 aromatic rings. The maximum absolute atomic E-state index is 12.5. The van der Waals surface area contributed by atoms with Gasteiger partial charge in [0.15, 0.2) is 0 Å². The van der Waals surface area contributed by atoms with Crippen LogP contribution in [0.3, 0.4) is 0 Å². The van der Waals surface area contributed by atoms with Crippen LogP contribution in [0.4, 0.5) is 5.69 Å². The van der Waals surface area contributed by atoms with E-state index >= 15 is 0 Å². The van der Waals surface area contributed by atoms with Crippen LogP contribution in [0.2, 0.25) is 10.0 Å². The Balaban J connectivity index is 2.03. The number of anilines is 1. The molecule has 0 fully saturated rings. The molecule has 27 heavy (non-hydrogen) atoms. The second kappa shape index (κ2) is 10.4. The lowest BCUT2D eigenvalue weighted by Gasteiger charge is -2.18. The number of nitrogens with zero attached hydrogens (tertiary/aromatic N) is 1. The molecule has 0 aliphatic rings. The van der Waals surface area contributed by atoms with E-state index in [4.69, 9.17) is 32.7 Å². The SMILES string of the molecule is CCOc1ccc(OCC)c(NC(=O)CN(C)Cc2cccc(Cl)c2Cl)c1. The zero-order chi connectivity index (χ0) is 19.8. The summed E-state index contributed by atoms with van der Waals surface area (Å²) in [4.78, 5) is 14.3. The first-order valence-corrected chi connectivity index (χ1v) is 9.51. The number of halogens is 2. The fourth-order valence-electron chi connectivity index (χ4n) is 2.60. The summed E-state index contributed by atoms with van der Waals surface area (Å²) in [5, 5.41) is 3.90. The molecule has 7 heteroatoms. The third kappa shape index (κ3) is 6.31. The van der Waals surface area contributed by atoms with Gasteiger partial charge in [-0.3, -0.25) is 9.69 Å². The Bertz CT molecular complexity index is 784. The van der Waals surface area contributed by atoms with E-state index in [9.17, 15) is 4.79 Å². The van der Waals surface area contributed by atoms with Gasteiger partial charge in [-0.25, -0.2) is 0 Å². The first-order chi connectivity index (χ1) is 12.9. The van der Waals surface area contributed by atoms with Crippen molar-refractivity contribution in [1.82, 2.24) is 4.90 Å². The summed E-state index contributed by atoms with van der Waals surface area (Å²) in [6.07, 6.45) is 0. The Labute approximate surface area is 170 Å². The van der Waals surface area contributed by atoms with E-state index in [1.54, 1.807) is 18.2 Å². The highest BCUT2D eigenvalue weighted by Gasteiger charge is 2.13. The number of benzene rings is 2. The van der Waals surface area contributed by atoms with Gasteiger partial charge < -0.3 is 14.8 Å². The van der Waals surface area contributed by atoms with Crippen molar-refractivity contribution in [1.29, 1.82) is 0 Å². The number of ether oxygens (including phenoxy) is 2. The third-order valence-electron chi connectivity index (χ3n) is 3.72. The van der Waals surface area contributed by atoms with Crippen LogP contribution < -0.4 is 14.8 Å². The lowest BCUT2D eigenvalue weighted by molar-refractivity contribution is -0.117. The second-order valence-electron chi connectivity index (χ2n) is 5.96. The summed E-state index contributed by atoms with van der Waals surface area (Å²) in [7, 11) is 1.84. The maximum atomic E-state index is 12.5. The number of likely N-dealkylation sites (N-methyl/N-ethyl adjacent to an activating group) is 1. The number of rotatable bonds is 9. The van der Waals surface area contributed by atoms with Crippen molar-refractivity contribution in [2.75, 3.05) is 32.1 Å². The van der Waals surface area contributed by atoms with Gasteiger partial charge in [0.05, 0.1) is 35.5 Å². The van der Waals surface area contributed by atoms with Crippen LogP contribution in [-0.4, -0.2) is 37.6 Å². The highest BCUT2D eigenvalue weighted by molar-refractivity contribution is 6.42. The molecule has 1 amide bonds. The fraction of sp³-hybridized carbons (Fsp3) is 0.350. The van der Waals surface area contributed by atoms with Crippen molar-refractivity contribution in [3.63, 3.8) is 0 Å². The molecular weight excluding hydrogens is 387 g/mol. The van der Waals surface area contributed by atoms with E-state index in [2.05, 4.69) is 5.32 Å². The first kappa shape index (κ1) is 21.4. The van der Waals surface area contributed by atoms with Gasteiger partial charge in [0.1, 0.15) is 11.5 Å². The van der Waals surface area contributed by atoms with Crippen LogP contribution >= 0.6 is 23.2 Å². The minimum Gasteiger partial charge on any atom is -0.494 e. The molecule has 0 aliphatic heterocycles.